The number of hydrogen-bond donors (Lipinski definition) is 2. The third-order valence-corrected chi connectivity index (χ3v) is 9.91. The number of carbonyl (C=O) groups is 1. The Labute approximate surface area is 215 Å². The second kappa shape index (κ2) is 11.4. The number of hydrogen-bond acceptors (Lipinski definition) is 9. The summed E-state index contributed by atoms with van der Waals surface area (Å²) in [5.74, 6) is 0.0674. The Hall–Kier alpha value is -2.93. The molecular formula is C24H32N6O4S2. The van der Waals surface area contributed by atoms with Gasteiger partial charge in [-0.25, -0.2) is 8.42 Å². The number of sulfonamides is 1. The van der Waals surface area contributed by atoms with Gasteiger partial charge in [0.1, 0.15) is 16.2 Å². The van der Waals surface area contributed by atoms with Gasteiger partial charge < -0.3 is 20.9 Å². The van der Waals surface area contributed by atoms with E-state index in [1.807, 2.05) is 11.0 Å². The molecule has 0 aliphatic carbocycles. The molecule has 0 bridgehead atoms. The second-order valence-corrected chi connectivity index (χ2v) is 12.2. The van der Waals surface area contributed by atoms with Crippen molar-refractivity contribution < 1.29 is 17.7 Å². The van der Waals surface area contributed by atoms with Crippen LogP contribution in [0.3, 0.4) is 0 Å². The van der Waals surface area contributed by atoms with Crippen LogP contribution in [-0.4, -0.2) is 79.4 Å². The Kier molecular flexibility index (Phi) is 8.29. The fraction of sp³-hybridized carbons (Fsp3) is 0.417. The van der Waals surface area contributed by atoms with Crippen LogP contribution in [0.1, 0.15) is 12.8 Å². The van der Waals surface area contributed by atoms with Gasteiger partial charge in [0.05, 0.1) is 4.88 Å². The smallest absolute Gasteiger partial charge is 0.252 e. The van der Waals surface area contributed by atoms with Gasteiger partial charge in [-0.15, -0.1) is 11.3 Å². The predicted octanol–water partition coefficient (Wildman–Crippen LogP) is 1.82. The maximum Gasteiger partial charge on any atom is 0.252 e. The van der Waals surface area contributed by atoms with Gasteiger partial charge >= 0.3 is 0 Å². The number of rotatable bonds is 8. The zero-order valence-electron chi connectivity index (χ0n) is 20.1. The Morgan fingerprint density at radius 1 is 1.17 bits per heavy atom. The van der Waals surface area contributed by atoms with Crippen LogP contribution >= 0.6 is 11.3 Å². The Balaban J connectivity index is 1.28. The number of carbonyl (C=O) groups excluding carboxylic acids is 1. The molecule has 12 heteroatoms. The Morgan fingerprint density at radius 2 is 1.89 bits per heavy atom. The third kappa shape index (κ3) is 6.06. The van der Waals surface area contributed by atoms with Crippen LogP contribution in [0.4, 0.5) is 0 Å². The summed E-state index contributed by atoms with van der Waals surface area (Å²) in [6, 6.07) is 5.03. The standard InChI is InChI=1S/C24H32N6O4S2/c1-18(26)16-19(4-8-25)17-28-9-5-20(6-10-28)24(31)29-11-13-30(14-12-29)36(32,33)23-3-2-22(35-23)21-7-15-34-27-21/h2-4,7-8,15-16,20H,1,5-6,9-14,17,25-26H2/b8-4-,19-16+. The molecule has 0 aromatic carbocycles. The van der Waals surface area contributed by atoms with E-state index in [-0.39, 0.29) is 29.1 Å². The lowest BCUT2D eigenvalue weighted by atomic mass is 9.94. The highest BCUT2D eigenvalue weighted by molar-refractivity contribution is 7.91. The lowest BCUT2D eigenvalue weighted by Crippen LogP contribution is -2.52. The maximum absolute atomic E-state index is 13.1. The SMILES string of the molecule is C=C(N)/C=C(\C=C/N)CN1CCC(C(=O)N2CCN(S(=O)(=O)c3ccc(-c4ccon4)s3)CC2)CC1. The Bertz CT molecular complexity index is 1220. The van der Waals surface area contributed by atoms with E-state index in [0.717, 1.165) is 36.4 Å². The van der Waals surface area contributed by atoms with Crippen LogP contribution in [0.5, 0.6) is 0 Å². The molecule has 4 heterocycles. The van der Waals surface area contributed by atoms with Gasteiger partial charge in [-0.2, -0.15) is 4.31 Å². The fourth-order valence-electron chi connectivity index (χ4n) is 4.57. The summed E-state index contributed by atoms with van der Waals surface area (Å²) in [7, 11) is -3.62. The van der Waals surface area contributed by atoms with Crippen LogP contribution in [0.2, 0.25) is 0 Å². The van der Waals surface area contributed by atoms with Crippen LogP contribution < -0.4 is 11.5 Å². The molecule has 2 aliphatic heterocycles. The van der Waals surface area contributed by atoms with E-state index in [1.165, 1.54) is 28.1 Å². The van der Waals surface area contributed by atoms with Crippen molar-refractivity contribution >= 4 is 27.3 Å². The summed E-state index contributed by atoms with van der Waals surface area (Å²) < 4.78 is 32.9. The molecule has 2 aliphatic rings. The number of nitrogens with zero attached hydrogens (tertiary/aromatic N) is 4. The van der Waals surface area contributed by atoms with E-state index >= 15 is 0 Å². The van der Waals surface area contributed by atoms with Crippen molar-refractivity contribution in [3.05, 3.63) is 60.7 Å². The summed E-state index contributed by atoms with van der Waals surface area (Å²) in [6.07, 6.45) is 8.09. The van der Waals surface area contributed by atoms with Gasteiger partial charge in [0, 0.05) is 50.4 Å². The van der Waals surface area contributed by atoms with E-state index in [1.54, 1.807) is 24.3 Å². The first-order valence-corrected chi connectivity index (χ1v) is 14.1. The van der Waals surface area contributed by atoms with Gasteiger partial charge in [0.25, 0.3) is 10.0 Å². The molecule has 0 radical (unpaired) electrons. The maximum atomic E-state index is 13.1. The molecule has 10 nitrogen and oxygen atoms in total. The van der Waals surface area contributed by atoms with Crippen molar-refractivity contribution in [1.82, 2.24) is 19.3 Å². The third-order valence-electron chi connectivity index (χ3n) is 6.44. The molecule has 2 aromatic rings. The zero-order valence-corrected chi connectivity index (χ0v) is 21.7. The zero-order chi connectivity index (χ0) is 25.7. The average molecular weight is 533 g/mol. The van der Waals surface area contributed by atoms with Crippen molar-refractivity contribution in [1.29, 1.82) is 0 Å². The van der Waals surface area contributed by atoms with Crippen molar-refractivity contribution in [3.8, 4) is 10.6 Å². The van der Waals surface area contributed by atoms with Crippen LogP contribution in [-0.2, 0) is 14.8 Å². The van der Waals surface area contributed by atoms with E-state index in [4.69, 9.17) is 16.0 Å². The molecule has 0 saturated carbocycles. The molecule has 4 N–H and O–H groups in total. The molecule has 36 heavy (non-hydrogen) atoms. The normalized spacial score (nSPS) is 19.2. The quantitative estimate of drug-likeness (QED) is 0.491. The van der Waals surface area contributed by atoms with Crippen LogP contribution in [0.25, 0.3) is 10.6 Å². The van der Waals surface area contributed by atoms with E-state index in [2.05, 4.69) is 16.6 Å². The summed E-state index contributed by atoms with van der Waals surface area (Å²) in [5, 5.41) is 3.87. The lowest BCUT2D eigenvalue weighted by Gasteiger charge is -2.38. The number of allylic oxidation sites excluding steroid dienone is 1. The molecular weight excluding hydrogens is 500 g/mol. The number of piperidine rings is 1. The number of thiophene rings is 1. The van der Waals surface area contributed by atoms with Crippen LogP contribution in [0, 0.1) is 5.92 Å². The summed E-state index contributed by atoms with van der Waals surface area (Å²) >= 11 is 1.17. The average Bonchev–Trinajstić information content (AvgIpc) is 3.57. The molecule has 4 rings (SSSR count). The molecule has 2 saturated heterocycles. The van der Waals surface area contributed by atoms with Crippen molar-refractivity contribution in [2.45, 2.75) is 17.1 Å². The summed E-state index contributed by atoms with van der Waals surface area (Å²) in [6.45, 7) is 7.37. The number of nitrogens with two attached hydrogens (primary N) is 2. The second-order valence-electron chi connectivity index (χ2n) is 8.94. The summed E-state index contributed by atoms with van der Waals surface area (Å²) in [4.78, 5) is 18.0. The van der Waals surface area contributed by atoms with Gasteiger partial charge in [-0.1, -0.05) is 11.7 Å². The highest BCUT2D eigenvalue weighted by Crippen LogP contribution is 2.32. The van der Waals surface area contributed by atoms with Gasteiger partial charge in [0.15, 0.2) is 0 Å². The molecule has 194 valence electrons. The van der Waals surface area contributed by atoms with E-state index < -0.39 is 10.0 Å². The number of aromatic nitrogens is 1. The van der Waals surface area contributed by atoms with Crippen LogP contribution in [0.15, 0.2) is 69.4 Å². The molecule has 0 spiro atoms. The van der Waals surface area contributed by atoms with Crippen molar-refractivity contribution in [2.24, 2.45) is 17.4 Å². The lowest BCUT2D eigenvalue weighted by molar-refractivity contribution is -0.138. The van der Waals surface area contributed by atoms with Gasteiger partial charge in [-0.05, 0) is 62.0 Å². The molecule has 2 fully saturated rings. The monoisotopic (exact) mass is 532 g/mol. The van der Waals surface area contributed by atoms with E-state index in [9.17, 15) is 13.2 Å². The topological polar surface area (TPSA) is 139 Å². The number of likely N-dealkylation sites (tertiary alicyclic amines) is 1. The molecule has 0 unspecified atom stereocenters. The predicted molar refractivity (Wildman–Crippen MR) is 139 cm³/mol. The fourth-order valence-corrected chi connectivity index (χ4v) is 7.42. The largest absolute Gasteiger partial charge is 0.405 e. The minimum Gasteiger partial charge on any atom is -0.405 e. The minimum absolute atomic E-state index is 0.0475. The highest BCUT2D eigenvalue weighted by atomic mass is 32.2. The molecule has 2 aromatic heterocycles. The number of piperazine rings is 1. The first-order valence-electron chi connectivity index (χ1n) is 11.8. The van der Waals surface area contributed by atoms with Crippen molar-refractivity contribution in [3.63, 3.8) is 0 Å². The van der Waals surface area contributed by atoms with E-state index in [0.29, 0.717) is 31.0 Å². The molecule has 0 atom stereocenters. The minimum atomic E-state index is -3.62. The highest BCUT2D eigenvalue weighted by Gasteiger charge is 2.34. The molecule has 1 amide bonds. The number of amides is 1. The first-order chi connectivity index (χ1) is 17.3. The summed E-state index contributed by atoms with van der Waals surface area (Å²) in [5.41, 5.74) is 13.3. The van der Waals surface area contributed by atoms with Gasteiger partial charge in [-0.3, -0.25) is 9.69 Å². The van der Waals surface area contributed by atoms with Gasteiger partial charge in [0.2, 0.25) is 5.91 Å². The Morgan fingerprint density at radius 3 is 2.50 bits per heavy atom. The first kappa shape index (κ1) is 26.1. The van der Waals surface area contributed by atoms with Crippen molar-refractivity contribution in [2.75, 3.05) is 45.8 Å².